The van der Waals surface area contributed by atoms with Gasteiger partial charge in [-0.1, -0.05) is 25.0 Å². The number of hydrogen-bond donors (Lipinski definition) is 2. The van der Waals surface area contributed by atoms with Gasteiger partial charge in [0.25, 0.3) is 0 Å². The van der Waals surface area contributed by atoms with Crippen LogP contribution in [0.3, 0.4) is 0 Å². The van der Waals surface area contributed by atoms with Crippen molar-refractivity contribution in [2.75, 3.05) is 0 Å². The highest BCUT2D eigenvalue weighted by Crippen LogP contribution is 2.14. The first-order valence-corrected chi connectivity index (χ1v) is 8.85. The topological polar surface area (TPSA) is 122 Å². The molecule has 6 heteroatoms. The monoisotopic (exact) mass is 362 g/mol. The van der Waals surface area contributed by atoms with Crippen molar-refractivity contribution in [1.29, 1.82) is 10.5 Å². The molecule has 0 aromatic carbocycles. The van der Waals surface area contributed by atoms with E-state index in [1.54, 1.807) is 6.08 Å². The minimum atomic E-state index is -1.05. The molecule has 0 spiro atoms. The Labute approximate surface area is 156 Å². The molecule has 2 N–H and O–H groups in total. The minimum absolute atomic E-state index is 0.0696. The number of allylic oxidation sites excluding steroid dienone is 2. The van der Waals surface area contributed by atoms with Gasteiger partial charge in [0, 0.05) is 0 Å². The van der Waals surface area contributed by atoms with Crippen LogP contribution in [0.4, 0.5) is 0 Å². The normalized spacial score (nSPS) is 11.6. The zero-order valence-electron chi connectivity index (χ0n) is 15.4. The molecule has 0 rings (SSSR count). The number of aliphatic carboxylic acids is 2. The lowest BCUT2D eigenvalue weighted by Gasteiger charge is -2.08. The maximum absolute atomic E-state index is 10.6. The zero-order chi connectivity index (χ0) is 20.2. The fourth-order valence-corrected chi connectivity index (χ4v) is 2.20. The van der Waals surface area contributed by atoms with E-state index in [0.29, 0.717) is 12.8 Å². The quantitative estimate of drug-likeness (QED) is 0.341. The molecule has 0 fully saturated rings. The van der Waals surface area contributed by atoms with E-state index in [9.17, 15) is 9.59 Å². The van der Waals surface area contributed by atoms with E-state index in [0.717, 1.165) is 44.9 Å². The molecule has 0 bridgehead atoms. The largest absolute Gasteiger partial charge is 0.481 e. The van der Waals surface area contributed by atoms with Crippen LogP contribution in [0.5, 0.6) is 0 Å². The van der Waals surface area contributed by atoms with E-state index in [4.69, 9.17) is 20.7 Å². The number of hydrogen-bond acceptors (Lipinski definition) is 4. The third-order valence-corrected chi connectivity index (χ3v) is 3.71. The van der Waals surface area contributed by atoms with Crippen LogP contribution in [0.25, 0.3) is 0 Å². The molecule has 0 radical (unpaired) electrons. The van der Waals surface area contributed by atoms with Crippen LogP contribution in [0, 0.1) is 34.5 Å². The van der Waals surface area contributed by atoms with Gasteiger partial charge in [0.2, 0.25) is 0 Å². The average Bonchev–Trinajstić information content (AvgIpc) is 2.60. The lowest BCUT2D eigenvalue weighted by atomic mass is 9.98. The second kappa shape index (κ2) is 18.7. The average molecular weight is 362 g/mol. The number of carboxylic acid groups (broad SMARTS) is 2. The summed E-state index contributed by atoms with van der Waals surface area (Å²) in [5.41, 5.74) is 0. The first kappa shape index (κ1) is 25.6. The number of carboxylic acids is 2. The van der Waals surface area contributed by atoms with Gasteiger partial charge >= 0.3 is 11.9 Å². The number of carbonyl (C=O) groups is 2. The van der Waals surface area contributed by atoms with Gasteiger partial charge in [0.15, 0.2) is 0 Å². The molecule has 0 saturated carbocycles. The second-order valence-electron chi connectivity index (χ2n) is 5.97. The first-order valence-electron chi connectivity index (χ1n) is 8.85. The molecule has 2 unspecified atom stereocenters. The molecule has 26 heavy (non-hydrogen) atoms. The van der Waals surface area contributed by atoms with E-state index >= 15 is 0 Å². The summed E-state index contributed by atoms with van der Waals surface area (Å²) in [6.45, 7) is 7.17. The van der Waals surface area contributed by atoms with E-state index in [1.807, 2.05) is 12.1 Å². The number of nitrogens with zero attached hydrogens (tertiary/aromatic N) is 2. The summed E-state index contributed by atoms with van der Waals surface area (Å²) in [5.74, 6) is -2.90. The zero-order valence-corrected chi connectivity index (χ0v) is 15.4. The maximum atomic E-state index is 10.6. The summed E-state index contributed by atoms with van der Waals surface area (Å²) in [4.78, 5) is 20.9. The highest BCUT2D eigenvalue weighted by atomic mass is 16.4. The van der Waals surface area contributed by atoms with Crippen molar-refractivity contribution in [3.63, 3.8) is 0 Å². The molecular weight excluding hydrogens is 332 g/mol. The lowest BCUT2D eigenvalue weighted by molar-refractivity contribution is -0.148. The Morgan fingerprint density at radius 3 is 1.88 bits per heavy atom. The summed E-state index contributed by atoms with van der Waals surface area (Å²) < 4.78 is 0. The molecule has 0 amide bonds. The minimum Gasteiger partial charge on any atom is -0.481 e. The predicted molar refractivity (Wildman–Crippen MR) is 100 cm³/mol. The SMILES string of the molecule is C=CCCCCC(C#N)CC#N.C=CCCCCC(CC(=O)O)C(=O)O. The smallest absolute Gasteiger partial charge is 0.307 e. The third kappa shape index (κ3) is 17.7. The van der Waals surface area contributed by atoms with E-state index in [1.165, 1.54) is 0 Å². The number of nitriles is 2. The fourth-order valence-electron chi connectivity index (χ4n) is 2.20. The summed E-state index contributed by atoms with van der Waals surface area (Å²) in [7, 11) is 0. The molecule has 0 aliphatic rings. The van der Waals surface area contributed by atoms with E-state index in [-0.39, 0.29) is 12.3 Å². The molecule has 0 aromatic heterocycles. The second-order valence-corrected chi connectivity index (χ2v) is 5.97. The standard InChI is InChI=1S/C10H14N2.C10H16O4/c1-2-3-4-5-6-10(9-12)7-8-11;1-2-3-4-5-6-8(10(13)14)7-9(11)12/h2,10H,1,3-7H2;2,8H,1,3-7H2,(H,11,12)(H,13,14). The van der Waals surface area contributed by atoms with Gasteiger partial charge < -0.3 is 10.2 Å². The van der Waals surface area contributed by atoms with Crippen molar-refractivity contribution in [3.05, 3.63) is 25.3 Å². The predicted octanol–water partition coefficient (Wildman–Crippen LogP) is 4.69. The molecule has 6 nitrogen and oxygen atoms in total. The van der Waals surface area contributed by atoms with Gasteiger partial charge in [-0.15, -0.1) is 13.2 Å². The highest BCUT2D eigenvalue weighted by molar-refractivity contribution is 5.77. The Morgan fingerprint density at radius 2 is 1.50 bits per heavy atom. The van der Waals surface area contributed by atoms with E-state index in [2.05, 4.69) is 19.2 Å². The van der Waals surface area contributed by atoms with Crippen LogP contribution < -0.4 is 0 Å². The Morgan fingerprint density at radius 1 is 0.962 bits per heavy atom. The van der Waals surface area contributed by atoms with E-state index < -0.39 is 17.9 Å². The Hall–Kier alpha value is -2.60. The van der Waals surface area contributed by atoms with Gasteiger partial charge in [0.05, 0.1) is 36.8 Å². The first-order chi connectivity index (χ1) is 12.4. The van der Waals surface area contributed by atoms with Crippen molar-refractivity contribution in [1.82, 2.24) is 0 Å². The van der Waals surface area contributed by atoms with Gasteiger partial charge in [0.1, 0.15) is 0 Å². The molecule has 0 aliphatic carbocycles. The molecule has 0 saturated heterocycles. The lowest BCUT2D eigenvalue weighted by Crippen LogP contribution is -2.17. The highest BCUT2D eigenvalue weighted by Gasteiger charge is 2.19. The van der Waals surface area contributed by atoms with Crippen LogP contribution in [0.1, 0.15) is 64.2 Å². The van der Waals surface area contributed by atoms with Crippen molar-refractivity contribution >= 4 is 11.9 Å². The van der Waals surface area contributed by atoms with Crippen LogP contribution in [-0.2, 0) is 9.59 Å². The van der Waals surface area contributed by atoms with Crippen LogP contribution in [0.15, 0.2) is 25.3 Å². The third-order valence-electron chi connectivity index (χ3n) is 3.71. The molecule has 144 valence electrons. The van der Waals surface area contributed by atoms with Crippen LogP contribution in [0.2, 0.25) is 0 Å². The molecule has 0 heterocycles. The van der Waals surface area contributed by atoms with Crippen LogP contribution >= 0.6 is 0 Å². The summed E-state index contributed by atoms with van der Waals surface area (Å²) in [5, 5.41) is 34.1. The molecule has 0 aromatic rings. The number of unbranched alkanes of at least 4 members (excludes halogenated alkanes) is 4. The van der Waals surface area contributed by atoms with Gasteiger partial charge in [-0.2, -0.15) is 10.5 Å². The number of rotatable bonds is 14. The van der Waals surface area contributed by atoms with Gasteiger partial charge in [-0.3, -0.25) is 9.59 Å². The fraction of sp³-hybridized carbons (Fsp3) is 0.600. The van der Waals surface area contributed by atoms with Crippen LogP contribution in [-0.4, -0.2) is 22.2 Å². The Balaban J connectivity index is 0. The maximum Gasteiger partial charge on any atom is 0.307 e. The summed E-state index contributed by atoms with van der Waals surface area (Å²) >= 11 is 0. The molecular formula is C20H30N2O4. The van der Waals surface area contributed by atoms with Crippen molar-refractivity contribution in [3.8, 4) is 12.1 Å². The van der Waals surface area contributed by atoms with Crippen molar-refractivity contribution in [2.24, 2.45) is 11.8 Å². The van der Waals surface area contributed by atoms with Crippen molar-refractivity contribution in [2.45, 2.75) is 64.2 Å². The Bertz CT molecular complexity index is 503. The summed E-state index contributed by atoms with van der Waals surface area (Å²) in [6.07, 6.45) is 10.5. The molecule has 2 atom stereocenters. The summed E-state index contributed by atoms with van der Waals surface area (Å²) in [6, 6.07) is 4.15. The molecule has 0 aliphatic heterocycles. The van der Waals surface area contributed by atoms with Gasteiger partial charge in [-0.25, -0.2) is 0 Å². The van der Waals surface area contributed by atoms with Crippen molar-refractivity contribution < 1.29 is 19.8 Å². The van der Waals surface area contributed by atoms with Gasteiger partial charge in [-0.05, 0) is 38.5 Å². The Kier molecular flexibility index (Phi) is 18.5.